The van der Waals surface area contributed by atoms with E-state index in [1.54, 1.807) is 12.1 Å². The van der Waals surface area contributed by atoms with Crippen LogP contribution in [0.2, 0.25) is 0 Å². The fourth-order valence-corrected chi connectivity index (χ4v) is 3.43. The number of non-ortho nitro benzene ring substituents is 1. The van der Waals surface area contributed by atoms with Crippen LogP contribution in [0.15, 0.2) is 24.3 Å². The Morgan fingerprint density at radius 2 is 1.90 bits per heavy atom. The van der Waals surface area contributed by atoms with Gasteiger partial charge in [-0.15, -0.1) is 0 Å². The molecule has 1 aliphatic rings. The molecule has 1 aromatic rings. The molecule has 1 aromatic carbocycles. The van der Waals surface area contributed by atoms with Gasteiger partial charge in [0.25, 0.3) is 5.69 Å². The van der Waals surface area contributed by atoms with Crippen molar-refractivity contribution in [3.8, 4) is 0 Å². The summed E-state index contributed by atoms with van der Waals surface area (Å²) < 4.78 is 0. The van der Waals surface area contributed by atoms with Crippen LogP contribution in [0.1, 0.15) is 50.6 Å². The number of nitro groups is 1. The highest BCUT2D eigenvalue weighted by Gasteiger charge is 2.26. The average molecular weight is 291 g/mol. The van der Waals surface area contributed by atoms with Crippen molar-refractivity contribution in [1.82, 2.24) is 4.90 Å². The Labute approximate surface area is 126 Å². The molecule has 0 amide bonds. The summed E-state index contributed by atoms with van der Waals surface area (Å²) in [5.41, 5.74) is 7.22. The van der Waals surface area contributed by atoms with Crippen molar-refractivity contribution >= 4 is 5.69 Å². The lowest BCUT2D eigenvalue weighted by atomic mass is 9.92. The summed E-state index contributed by atoms with van der Waals surface area (Å²) in [6, 6.07) is 7.59. The quantitative estimate of drug-likeness (QED) is 0.645. The van der Waals surface area contributed by atoms with E-state index in [1.807, 2.05) is 12.1 Å². The number of likely N-dealkylation sites (N-methyl/N-ethyl adjacent to an activating group) is 1. The van der Waals surface area contributed by atoms with E-state index in [1.165, 1.54) is 32.1 Å². The molecule has 0 bridgehead atoms. The van der Waals surface area contributed by atoms with Crippen LogP contribution in [0.3, 0.4) is 0 Å². The lowest BCUT2D eigenvalue weighted by Gasteiger charge is -2.39. The molecule has 0 spiro atoms. The molecule has 1 saturated carbocycles. The average Bonchev–Trinajstić information content (AvgIpc) is 2.53. The molecule has 1 aliphatic carbocycles. The number of hydrogen-bond donors (Lipinski definition) is 1. The van der Waals surface area contributed by atoms with Gasteiger partial charge in [-0.05, 0) is 24.9 Å². The second kappa shape index (κ2) is 7.52. The number of rotatable bonds is 6. The Balaban J connectivity index is 2.17. The smallest absolute Gasteiger partial charge is 0.269 e. The molecule has 2 rings (SSSR count). The van der Waals surface area contributed by atoms with E-state index < -0.39 is 0 Å². The van der Waals surface area contributed by atoms with Crippen LogP contribution in [0.25, 0.3) is 0 Å². The first kappa shape index (κ1) is 15.9. The minimum Gasteiger partial charge on any atom is -0.329 e. The van der Waals surface area contributed by atoms with E-state index in [-0.39, 0.29) is 16.7 Å². The maximum absolute atomic E-state index is 10.8. The predicted octanol–water partition coefficient (Wildman–Crippen LogP) is 3.25. The molecule has 0 aromatic heterocycles. The van der Waals surface area contributed by atoms with Crippen LogP contribution in [-0.4, -0.2) is 29.0 Å². The Kier molecular flexibility index (Phi) is 5.70. The predicted molar refractivity (Wildman–Crippen MR) is 84.1 cm³/mol. The fraction of sp³-hybridized carbons (Fsp3) is 0.625. The van der Waals surface area contributed by atoms with Crippen molar-refractivity contribution in [2.75, 3.05) is 13.1 Å². The van der Waals surface area contributed by atoms with Gasteiger partial charge in [-0.25, -0.2) is 0 Å². The van der Waals surface area contributed by atoms with E-state index in [2.05, 4.69) is 11.8 Å². The first-order valence-electron chi connectivity index (χ1n) is 7.87. The SMILES string of the molecule is CCN(C1CCCCC1)C(CN)c1ccc([N+](=O)[O-])cc1. The van der Waals surface area contributed by atoms with Crippen LogP contribution in [-0.2, 0) is 0 Å². The highest BCUT2D eigenvalue weighted by atomic mass is 16.6. The van der Waals surface area contributed by atoms with Gasteiger partial charge in [0.05, 0.1) is 4.92 Å². The molecule has 1 atom stereocenters. The highest BCUT2D eigenvalue weighted by molar-refractivity contribution is 5.34. The lowest BCUT2D eigenvalue weighted by molar-refractivity contribution is -0.384. The second-order valence-electron chi connectivity index (χ2n) is 5.72. The molecule has 116 valence electrons. The first-order chi connectivity index (χ1) is 10.2. The Bertz CT molecular complexity index is 455. The summed E-state index contributed by atoms with van der Waals surface area (Å²) in [6.07, 6.45) is 6.38. The van der Waals surface area contributed by atoms with Crippen molar-refractivity contribution in [3.63, 3.8) is 0 Å². The van der Waals surface area contributed by atoms with Gasteiger partial charge in [0.2, 0.25) is 0 Å². The molecule has 0 heterocycles. The zero-order chi connectivity index (χ0) is 15.2. The molecular formula is C16H25N3O2. The minimum absolute atomic E-state index is 0.134. The largest absolute Gasteiger partial charge is 0.329 e. The number of hydrogen-bond acceptors (Lipinski definition) is 4. The van der Waals surface area contributed by atoms with E-state index in [0.717, 1.165) is 12.1 Å². The van der Waals surface area contributed by atoms with Crippen molar-refractivity contribution in [1.29, 1.82) is 0 Å². The van der Waals surface area contributed by atoms with Crippen LogP contribution in [0.4, 0.5) is 5.69 Å². The van der Waals surface area contributed by atoms with Gasteiger partial charge >= 0.3 is 0 Å². The molecule has 21 heavy (non-hydrogen) atoms. The van der Waals surface area contributed by atoms with Gasteiger partial charge in [-0.1, -0.05) is 38.3 Å². The summed E-state index contributed by atoms with van der Waals surface area (Å²) >= 11 is 0. The third kappa shape index (κ3) is 3.80. The maximum atomic E-state index is 10.8. The first-order valence-corrected chi connectivity index (χ1v) is 7.87. The zero-order valence-electron chi connectivity index (χ0n) is 12.7. The molecule has 0 radical (unpaired) electrons. The molecule has 1 unspecified atom stereocenters. The van der Waals surface area contributed by atoms with E-state index >= 15 is 0 Å². The molecule has 5 heteroatoms. The van der Waals surface area contributed by atoms with Crippen molar-refractivity contribution in [2.24, 2.45) is 5.73 Å². The molecule has 2 N–H and O–H groups in total. The third-order valence-electron chi connectivity index (χ3n) is 4.52. The van der Waals surface area contributed by atoms with Crippen LogP contribution >= 0.6 is 0 Å². The summed E-state index contributed by atoms with van der Waals surface area (Å²) in [5.74, 6) is 0. The number of nitrogens with two attached hydrogens (primary N) is 1. The standard InChI is InChI=1S/C16H25N3O2/c1-2-18(14-6-4-3-5-7-14)16(12-17)13-8-10-15(11-9-13)19(20)21/h8-11,14,16H,2-7,12,17H2,1H3. The molecule has 1 fully saturated rings. The fourth-order valence-electron chi connectivity index (χ4n) is 3.43. The van der Waals surface area contributed by atoms with Crippen LogP contribution in [0, 0.1) is 10.1 Å². The Morgan fingerprint density at radius 3 is 2.38 bits per heavy atom. The van der Waals surface area contributed by atoms with Crippen LogP contribution < -0.4 is 5.73 Å². The molecule has 0 aliphatic heterocycles. The topological polar surface area (TPSA) is 72.4 Å². The summed E-state index contributed by atoms with van der Waals surface area (Å²) in [5, 5.41) is 10.8. The minimum atomic E-state index is -0.361. The highest BCUT2D eigenvalue weighted by Crippen LogP contribution is 2.30. The molecule has 5 nitrogen and oxygen atoms in total. The number of nitro benzene ring substituents is 1. The Hall–Kier alpha value is -1.46. The normalized spacial score (nSPS) is 17.9. The van der Waals surface area contributed by atoms with Crippen molar-refractivity contribution in [2.45, 2.75) is 51.1 Å². The van der Waals surface area contributed by atoms with Crippen LogP contribution in [0.5, 0.6) is 0 Å². The third-order valence-corrected chi connectivity index (χ3v) is 4.52. The summed E-state index contributed by atoms with van der Waals surface area (Å²) in [6.45, 7) is 3.67. The van der Waals surface area contributed by atoms with E-state index in [0.29, 0.717) is 12.6 Å². The maximum Gasteiger partial charge on any atom is 0.269 e. The zero-order valence-corrected chi connectivity index (χ0v) is 12.7. The van der Waals surface area contributed by atoms with Crippen molar-refractivity contribution in [3.05, 3.63) is 39.9 Å². The molecular weight excluding hydrogens is 266 g/mol. The number of benzene rings is 1. The molecule has 0 saturated heterocycles. The van der Waals surface area contributed by atoms with Gasteiger partial charge in [-0.3, -0.25) is 15.0 Å². The second-order valence-corrected chi connectivity index (χ2v) is 5.72. The van der Waals surface area contributed by atoms with Gasteiger partial charge in [0, 0.05) is 30.8 Å². The monoisotopic (exact) mass is 291 g/mol. The summed E-state index contributed by atoms with van der Waals surface area (Å²) in [7, 11) is 0. The Morgan fingerprint density at radius 1 is 1.29 bits per heavy atom. The van der Waals surface area contributed by atoms with E-state index in [4.69, 9.17) is 5.73 Å². The summed E-state index contributed by atoms with van der Waals surface area (Å²) in [4.78, 5) is 12.9. The van der Waals surface area contributed by atoms with Gasteiger partial charge in [0.15, 0.2) is 0 Å². The van der Waals surface area contributed by atoms with Gasteiger partial charge < -0.3 is 5.73 Å². The van der Waals surface area contributed by atoms with Crippen molar-refractivity contribution < 1.29 is 4.92 Å². The van der Waals surface area contributed by atoms with Gasteiger partial charge in [0.1, 0.15) is 0 Å². The number of nitrogens with zero attached hydrogens (tertiary/aromatic N) is 2. The van der Waals surface area contributed by atoms with Gasteiger partial charge in [-0.2, -0.15) is 0 Å². The lowest BCUT2D eigenvalue weighted by Crippen LogP contribution is -2.42. The van der Waals surface area contributed by atoms with E-state index in [9.17, 15) is 10.1 Å².